The SMILES string of the molecule is CC(=O)N[C@H]1[C@H](O[C@H]2[C@@H](O)[C@@H](CO)O[C@@H](O[C@H]3[C@H](O)[C@@H](NC(C)=O)C(O)O[C@@H]3CO)[C@@H]2O)O[C@H](CO)[C@@H](O[C@@H]2O[C@H](CO)[C@H](O)[C@H](O[C@@H]3O[C@H](CO)[C@@H](O[C@@H]4O[C@H](CO)[C@H](O)[C@H](O)[C@H]4O)[C@H](O[C@@H]4O[C@@H](C)[C@@H](O)[C@@H](O)[C@@H]4O)[C@H]3NC(C)=O)[C@H]2O)[C@@H]1O. The monoisotopic (exact) mass is 1260 g/mol. The molecule has 0 spiro atoms. The Balaban J connectivity index is 1.15. The van der Waals surface area contributed by atoms with Crippen LogP contribution in [0.3, 0.4) is 0 Å². The normalized spacial score (nSPS) is 49.4. The molecule has 0 aromatic heterocycles. The Morgan fingerprint density at radius 1 is 0.302 bits per heavy atom. The van der Waals surface area contributed by atoms with Gasteiger partial charge in [-0.1, -0.05) is 0 Å². The van der Waals surface area contributed by atoms with Gasteiger partial charge in [-0.15, -0.1) is 0 Å². The number of amides is 3. The number of carbonyl (C=O) groups is 3. The summed E-state index contributed by atoms with van der Waals surface area (Å²) in [6.45, 7) is -1.85. The highest BCUT2D eigenvalue weighted by atomic mass is 16.8. The molecule has 7 rings (SSSR count). The number of carbonyl (C=O) groups excluding carboxylic acids is 3. The van der Waals surface area contributed by atoms with Crippen molar-refractivity contribution in [2.45, 2.75) is 242 Å². The molecule has 498 valence electrons. The zero-order valence-electron chi connectivity index (χ0n) is 46.5. The van der Waals surface area contributed by atoms with Crippen molar-refractivity contribution in [2.24, 2.45) is 0 Å². The number of rotatable bonds is 21. The van der Waals surface area contributed by atoms with Gasteiger partial charge in [0.2, 0.25) is 17.7 Å². The standard InChI is InChI=1S/C48H81N3O35/c1-11-24(61)30(67)32(69)45(74-11)84-39-23(51-14(4)60)44(80-20(10-57)38(39)83-46-33(70)31(68)25(62)15(5-52)76-46)86-41-27(64)17(7-54)78-48(35(41)72)82-37-19(9-56)79-43(22(29(37)66)50-13(3)59)85-40-26(63)16(6-53)77-47(34(40)71)81-36-18(8-55)75-42(73)21(28(36)65)49-12(2)58/h11,15-48,52-57,61-73H,5-10H2,1-4H3,(H,49,58)(H,50,59)(H,51,60)/t11-,15+,16+,17+,18+,19+,20+,21+,22+,23+,24+,25-,26-,27-,28+,29+,30+,31-,32-,33+,34+,35+,36+,37+,38+,39+,40-,41-,42?,43-,44-,45-,46-,47-,48-/m0/s1. The second-order valence-electron chi connectivity index (χ2n) is 21.8. The molecule has 1 unspecified atom stereocenters. The quantitative estimate of drug-likeness (QED) is 0.0507. The smallest absolute Gasteiger partial charge is 0.217 e. The van der Waals surface area contributed by atoms with Gasteiger partial charge in [-0.25, -0.2) is 0 Å². The predicted molar refractivity (Wildman–Crippen MR) is 265 cm³/mol. The third-order valence-electron chi connectivity index (χ3n) is 15.7. The molecule has 22 N–H and O–H groups in total. The maximum atomic E-state index is 13.1. The van der Waals surface area contributed by atoms with Gasteiger partial charge >= 0.3 is 0 Å². The van der Waals surface area contributed by atoms with Crippen LogP contribution in [-0.2, 0) is 76.0 Å². The molecular formula is C48H81N3O35. The summed E-state index contributed by atoms with van der Waals surface area (Å²) in [4.78, 5) is 37.7. The highest BCUT2D eigenvalue weighted by Crippen LogP contribution is 2.39. The molecule has 38 heteroatoms. The average Bonchev–Trinajstić information content (AvgIpc) is 1.31. The van der Waals surface area contributed by atoms with Crippen LogP contribution in [0.4, 0.5) is 0 Å². The van der Waals surface area contributed by atoms with Crippen LogP contribution in [-0.4, -0.2) is 369 Å². The molecule has 0 saturated carbocycles. The van der Waals surface area contributed by atoms with E-state index in [0.717, 1.165) is 20.8 Å². The minimum atomic E-state index is -2.32. The van der Waals surface area contributed by atoms with Gasteiger partial charge in [0.25, 0.3) is 0 Å². The van der Waals surface area contributed by atoms with E-state index in [-0.39, 0.29) is 0 Å². The fraction of sp³-hybridized carbons (Fsp3) is 0.938. The van der Waals surface area contributed by atoms with E-state index in [1.54, 1.807) is 0 Å². The zero-order valence-corrected chi connectivity index (χ0v) is 46.5. The summed E-state index contributed by atoms with van der Waals surface area (Å²) in [5.74, 6) is -2.53. The average molecular weight is 1260 g/mol. The fourth-order valence-corrected chi connectivity index (χ4v) is 11.1. The van der Waals surface area contributed by atoms with Crippen LogP contribution in [0.25, 0.3) is 0 Å². The fourth-order valence-electron chi connectivity index (χ4n) is 11.1. The van der Waals surface area contributed by atoms with E-state index in [1.807, 2.05) is 0 Å². The number of nitrogens with one attached hydrogen (secondary N) is 3. The Morgan fingerprint density at radius 2 is 0.616 bits per heavy atom. The Kier molecular flexibility index (Phi) is 25.0. The minimum absolute atomic E-state index is 0.727. The van der Waals surface area contributed by atoms with Crippen molar-refractivity contribution in [3.05, 3.63) is 0 Å². The number of hydrogen-bond acceptors (Lipinski definition) is 35. The number of ether oxygens (including phenoxy) is 13. The summed E-state index contributed by atoms with van der Waals surface area (Å²) in [6.07, 6.45) is -61.6. The summed E-state index contributed by atoms with van der Waals surface area (Å²) in [5, 5.41) is 214. The van der Waals surface area contributed by atoms with E-state index in [4.69, 9.17) is 61.6 Å². The lowest BCUT2D eigenvalue weighted by atomic mass is 9.93. The molecular weight excluding hydrogens is 1180 g/mol. The number of aliphatic hydroxyl groups is 19. The van der Waals surface area contributed by atoms with Crippen LogP contribution < -0.4 is 16.0 Å². The van der Waals surface area contributed by atoms with Crippen molar-refractivity contribution in [3.63, 3.8) is 0 Å². The van der Waals surface area contributed by atoms with Gasteiger partial charge in [0.05, 0.1) is 45.7 Å². The van der Waals surface area contributed by atoms with Crippen molar-refractivity contribution in [1.82, 2.24) is 16.0 Å². The molecule has 0 bridgehead atoms. The molecule has 7 fully saturated rings. The Bertz CT molecular complexity index is 2170. The lowest BCUT2D eigenvalue weighted by Crippen LogP contribution is -2.71. The summed E-state index contributed by atoms with van der Waals surface area (Å²) >= 11 is 0. The third kappa shape index (κ3) is 15.2. The number of aliphatic hydroxyl groups excluding tert-OH is 19. The van der Waals surface area contributed by atoms with Crippen molar-refractivity contribution >= 4 is 17.7 Å². The van der Waals surface area contributed by atoms with Crippen LogP contribution in [0.5, 0.6) is 0 Å². The van der Waals surface area contributed by atoms with Gasteiger partial charge in [-0.2, -0.15) is 0 Å². The highest BCUT2D eigenvalue weighted by Gasteiger charge is 2.60. The molecule has 0 aromatic rings. The van der Waals surface area contributed by atoms with Crippen LogP contribution in [0.2, 0.25) is 0 Å². The summed E-state index contributed by atoms with van der Waals surface area (Å²) in [5.41, 5.74) is 0. The van der Waals surface area contributed by atoms with Gasteiger partial charge in [0, 0.05) is 20.8 Å². The van der Waals surface area contributed by atoms with Gasteiger partial charge in [-0.3, -0.25) is 14.4 Å². The van der Waals surface area contributed by atoms with E-state index >= 15 is 0 Å². The van der Waals surface area contributed by atoms with Gasteiger partial charge in [-0.05, 0) is 6.92 Å². The molecule has 7 aliphatic rings. The molecule has 0 aromatic carbocycles. The van der Waals surface area contributed by atoms with Gasteiger partial charge < -0.3 is 175 Å². The first-order valence-electron chi connectivity index (χ1n) is 27.5. The van der Waals surface area contributed by atoms with Crippen LogP contribution in [0.15, 0.2) is 0 Å². The van der Waals surface area contributed by atoms with Gasteiger partial charge in [0.15, 0.2) is 44.0 Å². The lowest BCUT2D eigenvalue weighted by Gasteiger charge is -2.52. The lowest BCUT2D eigenvalue weighted by molar-refractivity contribution is -0.393. The van der Waals surface area contributed by atoms with Crippen LogP contribution in [0.1, 0.15) is 27.7 Å². The van der Waals surface area contributed by atoms with E-state index < -0.39 is 272 Å². The first-order valence-corrected chi connectivity index (χ1v) is 27.5. The largest absolute Gasteiger partial charge is 0.394 e. The predicted octanol–water partition coefficient (Wildman–Crippen LogP) is -14.8. The summed E-state index contributed by atoms with van der Waals surface area (Å²) in [6, 6.07) is -5.27. The van der Waals surface area contributed by atoms with E-state index in [0.29, 0.717) is 0 Å². The van der Waals surface area contributed by atoms with Crippen LogP contribution >= 0.6 is 0 Å². The zero-order chi connectivity index (χ0) is 63.5. The van der Waals surface area contributed by atoms with Crippen molar-refractivity contribution in [3.8, 4) is 0 Å². The molecule has 38 nitrogen and oxygen atoms in total. The molecule has 35 atom stereocenters. The molecule has 7 heterocycles. The maximum absolute atomic E-state index is 13.1. The first-order chi connectivity index (χ1) is 40.6. The first kappa shape index (κ1) is 70.6. The minimum Gasteiger partial charge on any atom is -0.394 e. The van der Waals surface area contributed by atoms with Crippen LogP contribution in [0, 0.1) is 0 Å². The molecule has 86 heavy (non-hydrogen) atoms. The van der Waals surface area contributed by atoms with Crippen molar-refractivity contribution in [1.29, 1.82) is 0 Å². The second-order valence-corrected chi connectivity index (χ2v) is 21.8. The highest BCUT2D eigenvalue weighted by molar-refractivity contribution is 5.74. The molecule has 7 saturated heterocycles. The second kappa shape index (κ2) is 30.5. The summed E-state index contributed by atoms with van der Waals surface area (Å²) in [7, 11) is 0. The molecule has 7 aliphatic heterocycles. The van der Waals surface area contributed by atoms with E-state index in [1.165, 1.54) is 6.92 Å². The van der Waals surface area contributed by atoms with Crippen molar-refractivity contribution < 1.29 is 173 Å². The third-order valence-corrected chi connectivity index (χ3v) is 15.7. The summed E-state index contributed by atoms with van der Waals surface area (Å²) < 4.78 is 76.0. The molecule has 0 radical (unpaired) electrons. The maximum Gasteiger partial charge on any atom is 0.217 e. The Labute approximate surface area is 488 Å². The topological polar surface area (TPSA) is 592 Å². The van der Waals surface area contributed by atoms with Crippen molar-refractivity contribution in [2.75, 3.05) is 39.6 Å². The Morgan fingerprint density at radius 3 is 1.07 bits per heavy atom. The van der Waals surface area contributed by atoms with Gasteiger partial charge in [0.1, 0.15) is 165 Å². The number of hydrogen-bond donors (Lipinski definition) is 22. The molecule has 3 amide bonds. The van der Waals surface area contributed by atoms with E-state index in [2.05, 4.69) is 16.0 Å². The van der Waals surface area contributed by atoms with E-state index in [9.17, 15) is 111 Å². The Hall–Kier alpha value is -2.87. The molecule has 0 aliphatic carbocycles.